The van der Waals surface area contributed by atoms with Gasteiger partial charge >= 0.3 is 0 Å². The average molecular weight is 324 g/mol. The maximum atomic E-state index is 5.56. The molecule has 7 heteroatoms. The molecule has 1 aromatic carbocycles. The van der Waals surface area contributed by atoms with Gasteiger partial charge in [-0.15, -0.1) is 0 Å². The Balaban J connectivity index is 1.78. The highest BCUT2D eigenvalue weighted by Crippen LogP contribution is 2.35. The van der Waals surface area contributed by atoms with Crippen molar-refractivity contribution < 1.29 is 13.9 Å². The number of furan rings is 1. The molecule has 122 valence electrons. The fraction of sp³-hybridized carbons (Fsp3) is 0.176. The van der Waals surface area contributed by atoms with E-state index < -0.39 is 0 Å². The Morgan fingerprint density at radius 1 is 1.17 bits per heavy atom. The summed E-state index contributed by atoms with van der Waals surface area (Å²) in [4.78, 5) is 4.27. The van der Waals surface area contributed by atoms with Crippen molar-refractivity contribution in [2.45, 2.75) is 6.04 Å². The molecule has 0 saturated carbocycles. The largest absolute Gasteiger partial charge is 0.493 e. The van der Waals surface area contributed by atoms with E-state index in [1.54, 1.807) is 25.2 Å². The summed E-state index contributed by atoms with van der Waals surface area (Å²) >= 11 is 0. The Morgan fingerprint density at radius 3 is 2.79 bits per heavy atom. The molecule has 0 amide bonds. The molecule has 1 N–H and O–H groups in total. The Bertz CT molecular complexity index is 883. The molecule has 0 fully saturated rings. The summed E-state index contributed by atoms with van der Waals surface area (Å²) in [5.41, 5.74) is 1.86. The lowest BCUT2D eigenvalue weighted by Crippen LogP contribution is -2.19. The first-order valence-corrected chi connectivity index (χ1v) is 7.44. The number of aromatic nitrogens is 3. The zero-order chi connectivity index (χ0) is 16.5. The van der Waals surface area contributed by atoms with Gasteiger partial charge in [0.1, 0.15) is 18.1 Å². The van der Waals surface area contributed by atoms with Crippen LogP contribution in [0.25, 0.3) is 5.70 Å². The van der Waals surface area contributed by atoms with Crippen LogP contribution in [0.1, 0.15) is 17.4 Å². The minimum atomic E-state index is -0.165. The van der Waals surface area contributed by atoms with E-state index in [1.165, 1.54) is 6.33 Å². The van der Waals surface area contributed by atoms with Crippen LogP contribution in [0.2, 0.25) is 0 Å². The van der Waals surface area contributed by atoms with Crippen LogP contribution in [0.3, 0.4) is 0 Å². The van der Waals surface area contributed by atoms with Crippen molar-refractivity contribution in [1.82, 2.24) is 14.8 Å². The van der Waals surface area contributed by atoms with Crippen molar-refractivity contribution in [3.8, 4) is 11.5 Å². The molecule has 3 heterocycles. The quantitative estimate of drug-likeness (QED) is 0.795. The number of hydrogen-bond donors (Lipinski definition) is 1. The zero-order valence-corrected chi connectivity index (χ0v) is 13.3. The number of fused-ring (bicyclic) bond motifs is 1. The fourth-order valence-electron chi connectivity index (χ4n) is 2.77. The molecule has 7 nitrogen and oxygen atoms in total. The summed E-state index contributed by atoms with van der Waals surface area (Å²) < 4.78 is 18.0. The highest BCUT2D eigenvalue weighted by atomic mass is 16.5. The first kappa shape index (κ1) is 14.4. The molecule has 0 unspecified atom stereocenters. The maximum Gasteiger partial charge on any atom is 0.226 e. The molecule has 1 aliphatic heterocycles. The van der Waals surface area contributed by atoms with Crippen molar-refractivity contribution in [2.75, 3.05) is 19.5 Å². The van der Waals surface area contributed by atoms with Crippen molar-refractivity contribution in [3.05, 3.63) is 60.3 Å². The van der Waals surface area contributed by atoms with E-state index in [0.29, 0.717) is 17.4 Å². The van der Waals surface area contributed by atoms with Gasteiger partial charge in [0.2, 0.25) is 5.95 Å². The number of ether oxygens (including phenoxy) is 2. The lowest BCUT2D eigenvalue weighted by Gasteiger charge is -2.23. The van der Waals surface area contributed by atoms with Gasteiger partial charge in [0, 0.05) is 11.3 Å². The lowest BCUT2D eigenvalue weighted by atomic mass is 10.1. The van der Waals surface area contributed by atoms with E-state index in [2.05, 4.69) is 15.4 Å². The first-order valence-electron chi connectivity index (χ1n) is 7.44. The van der Waals surface area contributed by atoms with E-state index in [1.807, 2.05) is 36.4 Å². The van der Waals surface area contributed by atoms with Gasteiger partial charge in [-0.05, 0) is 36.4 Å². The number of anilines is 1. The van der Waals surface area contributed by atoms with E-state index in [4.69, 9.17) is 13.9 Å². The van der Waals surface area contributed by atoms with Crippen LogP contribution in [-0.4, -0.2) is 29.0 Å². The molecule has 0 spiro atoms. The number of nitrogens with zero attached hydrogens (tertiary/aromatic N) is 3. The standard InChI is InChI=1S/C17H16N4O3/c1-22-15-6-5-11(8-16(15)23-2)12-9-13(14-4-3-7-24-14)21-17(20-12)18-10-19-21/h3-10,13H,1-2H3,(H,18,19,20)/t13-/m1/s1. The van der Waals surface area contributed by atoms with Gasteiger partial charge in [-0.1, -0.05) is 0 Å². The summed E-state index contributed by atoms with van der Waals surface area (Å²) in [6.45, 7) is 0. The van der Waals surface area contributed by atoms with Crippen LogP contribution in [0.5, 0.6) is 11.5 Å². The second kappa shape index (κ2) is 5.77. The first-order chi connectivity index (χ1) is 11.8. The Hall–Kier alpha value is -3.22. The average Bonchev–Trinajstić information content (AvgIpc) is 3.31. The molecule has 0 bridgehead atoms. The monoisotopic (exact) mass is 324 g/mol. The zero-order valence-electron chi connectivity index (χ0n) is 13.3. The minimum absolute atomic E-state index is 0.165. The molecular formula is C17H16N4O3. The molecule has 1 atom stereocenters. The second-order valence-corrected chi connectivity index (χ2v) is 5.26. The summed E-state index contributed by atoms with van der Waals surface area (Å²) in [6, 6.07) is 9.37. The van der Waals surface area contributed by atoms with Crippen molar-refractivity contribution in [2.24, 2.45) is 0 Å². The van der Waals surface area contributed by atoms with Crippen LogP contribution in [0.15, 0.2) is 53.4 Å². The third-order valence-corrected chi connectivity index (χ3v) is 3.94. The SMILES string of the molecule is COc1ccc(C2=C[C@H](c3ccco3)n3ncnc3N2)cc1OC. The van der Waals surface area contributed by atoms with Gasteiger partial charge < -0.3 is 19.2 Å². The van der Waals surface area contributed by atoms with Gasteiger partial charge in [0.05, 0.1) is 20.5 Å². The third-order valence-electron chi connectivity index (χ3n) is 3.94. The van der Waals surface area contributed by atoms with Crippen LogP contribution in [0, 0.1) is 0 Å². The van der Waals surface area contributed by atoms with Gasteiger partial charge in [-0.2, -0.15) is 10.1 Å². The summed E-state index contributed by atoms with van der Waals surface area (Å²) in [6.07, 6.45) is 5.21. The van der Waals surface area contributed by atoms with Crippen LogP contribution in [-0.2, 0) is 0 Å². The number of benzene rings is 1. The topological polar surface area (TPSA) is 74.3 Å². The van der Waals surface area contributed by atoms with E-state index in [0.717, 1.165) is 17.0 Å². The smallest absolute Gasteiger partial charge is 0.226 e. The van der Waals surface area contributed by atoms with E-state index in [9.17, 15) is 0 Å². The number of methoxy groups -OCH3 is 2. The third kappa shape index (κ3) is 2.30. The second-order valence-electron chi connectivity index (χ2n) is 5.26. The molecule has 0 aliphatic carbocycles. The molecule has 0 saturated heterocycles. The lowest BCUT2D eigenvalue weighted by molar-refractivity contribution is 0.355. The van der Waals surface area contributed by atoms with Gasteiger partial charge in [-0.3, -0.25) is 0 Å². The van der Waals surface area contributed by atoms with Crippen LogP contribution in [0.4, 0.5) is 5.95 Å². The highest BCUT2D eigenvalue weighted by molar-refractivity contribution is 5.78. The summed E-state index contributed by atoms with van der Waals surface area (Å²) in [7, 11) is 3.23. The molecule has 24 heavy (non-hydrogen) atoms. The van der Waals surface area contributed by atoms with Crippen molar-refractivity contribution in [3.63, 3.8) is 0 Å². The number of hydrogen-bond acceptors (Lipinski definition) is 6. The van der Waals surface area contributed by atoms with Crippen molar-refractivity contribution >= 4 is 11.6 Å². The van der Waals surface area contributed by atoms with Crippen molar-refractivity contribution in [1.29, 1.82) is 0 Å². The molecular weight excluding hydrogens is 308 g/mol. The molecule has 3 aromatic rings. The Morgan fingerprint density at radius 2 is 2.04 bits per heavy atom. The molecule has 2 aromatic heterocycles. The molecule has 4 rings (SSSR count). The van der Waals surface area contributed by atoms with E-state index in [-0.39, 0.29) is 6.04 Å². The van der Waals surface area contributed by atoms with Crippen LogP contribution < -0.4 is 14.8 Å². The van der Waals surface area contributed by atoms with Gasteiger partial charge in [0.25, 0.3) is 0 Å². The number of allylic oxidation sites excluding steroid dienone is 1. The summed E-state index contributed by atoms with van der Waals surface area (Å²) in [5, 5.41) is 7.56. The minimum Gasteiger partial charge on any atom is -0.493 e. The fourth-order valence-corrected chi connectivity index (χ4v) is 2.77. The van der Waals surface area contributed by atoms with E-state index >= 15 is 0 Å². The molecule has 0 radical (unpaired) electrons. The number of rotatable bonds is 4. The Kier molecular flexibility index (Phi) is 3.45. The van der Waals surface area contributed by atoms with Crippen LogP contribution >= 0.6 is 0 Å². The predicted molar refractivity (Wildman–Crippen MR) is 88.0 cm³/mol. The maximum absolute atomic E-state index is 5.56. The predicted octanol–water partition coefficient (Wildman–Crippen LogP) is 2.94. The normalized spacial score (nSPS) is 16.1. The summed E-state index contributed by atoms with van der Waals surface area (Å²) in [5.74, 6) is 2.80. The Labute approximate surface area is 138 Å². The van der Waals surface area contributed by atoms with Gasteiger partial charge in [0.15, 0.2) is 11.5 Å². The highest BCUT2D eigenvalue weighted by Gasteiger charge is 2.25. The molecule has 1 aliphatic rings. The van der Waals surface area contributed by atoms with Gasteiger partial charge in [-0.25, -0.2) is 4.68 Å². The number of nitrogens with one attached hydrogen (secondary N) is 1.